The number of benzene rings is 2. The minimum Gasteiger partial charge on any atom is -0.497 e. The monoisotopic (exact) mass is 369 g/mol. The molecule has 0 saturated heterocycles. The molecule has 0 radical (unpaired) electrons. The number of aryl methyl sites for hydroxylation is 1. The summed E-state index contributed by atoms with van der Waals surface area (Å²) in [6, 6.07) is 15.4. The Morgan fingerprint density at radius 3 is 2.65 bits per heavy atom. The lowest BCUT2D eigenvalue weighted by atomic mass is 9.67. The smallest absolute Gasteiger partial charge is 0.324 e. The fraction of sp³-hybridized carbons (Fsp3) is 0.333. The van der Waals surface area contributed by atoms with Gasteiger partial charge in [0.05, 0.1) is 19.8 Å². The number of hydrogen-bond acceptors (Lipinski definition) is 4. The number of methoxy groups -OCH3 is 1. The van der Waals surface area contributed by atoms with Crippen molar-refractivity contribution in [3.8, 4) is 11.8 Å². The van der Waals surface area contributed by atoms with E-state index in [2.05, 4.69) is 6.07 Å². The van der Waals surface area contributed by atoms with E-state index in [1.54, 1.807) is 14.0 Å². The summed E-state index contributed by atoms with van der Waals surface area (Å²) in [4.78, 5) is 12.6. The fourth-order valence-electron chi connectivity index (χ4n) is 3.92. The normalized spacial score (nSPS) is 19.3. The Bertz CT molecular complexity index is 857. The fourth-order valence-corrected chi connectivity index (χ4v) is 4.11. The summed E-state index contributed by atoms with van der Waals surface area (Å²) >= 11 is 6.15. The van der Waals surface area contributed by atoms with E-state index in [1.807, 2.05) is 42.5 Å². The number of rotatable bonds is 5. The maximum atomic E-state index is 12.6. The molecule has 3 rings (SSSR count). The molecule has 2 atom stereocenters. The molecule has 2 aromatic carbocycles. The summed E-state index contributed by atoms with van der Waals surface area (Å²) in [7, 11) is 1.61. The molecule has 0 amide bonds. The van der Waals surface area contributed by atoms with Crippen LogP contribution < -0.4 is 4.74 Å². The van der Waals surface area contributed by atoms with Gasteiger partial charge in [-0.2, -0.15) is 5.26 Å². The van der Waals surface area contributed by atoms with Gasteiger partial charge in [-0.3, -0.25) is 4.79 Å². The van der Waals surface area contributed by atoms with Crippen molar-refractivity contribution in [1.82, 2.24) is 0 Å². The number of carbonyl (C=O) groups is 1. The number of carbonyl (C=O) groups excluding carboxylic acids is 1. The van der Waals surface area contributed by atoms with Crippen LogP contribution in [0.25, 0.3) is 0 Å². The first-order chi connectivity index (χ1) is 12.6. The lowest BCUT2D eigenvalue weighted by Gasteiger charge is -2.34. The second-order valence-electron chi connectivity index (χ2n) is 6.32. The number of halogens is 1. The Kier molecular flexibility index (Phi) is 5.20. The number of ether oxygens (including phenoxy) is 2. The minimum atomic E-state index is -0.932. The van der Waals surface area contributed by atoms with Gasteiger partial charge in [-0.25, -0.2) is 0 Å². The average molecular weight is 370 g/mol. The molecule has 0 spiro atoms. The van der Waals surface area contributed by atoms with Crippen LogP contribution in [-0.4, -0.2) is 19.7 Å². The summed E-state index contributed by atoms with van der Waals surface area (Å²) in [6.45, 7) is 1.98. The highest BCUT2D eigenvalue weighted by atomic mass is 35.5. The predicted octanol–water partition coefficient (Wildman–Crippen LogP) is 4.28. The molecule has 1 aliphatic rings. The quantitative estimate of drug-likeness (QED) is 0.738. The SMILES string of the molecule is CCOC(=O)C(C#N)C1(c2ccc(OC)cc2)CCc2cc(Cl)ccc21. The third kappa shape index (κ3) is 2.93. The van der Waals surface area contributed by atoms with Crippen molar-refractivity contribution in [3.63, 3.8) is 0 Å². The molecule has 2 unspecified atom stereocenters. The summed E-state index contributed by atoms with van der Waals surface area (Å²) < 4.78 is 10.5. The summed E-state index contributed by atoms with van der Waals surface area (Å²) in [6.07, 6.45) is 1.39. The minimum absolute atomic E-state index is 0.239. The molecular weight excluding hydrogens is 350 g/mol. The van der Waals surface area contributed by atoms with Crippen molar-refractivity contribution in [1.29, 1.82) is 5.26 Å². The van der Waals surface area contributed by atoms with E-state index in [-0.39, 0.29) is 6.61 Å². The van der Waals surface area contributed by atoms with E-state index in [9.17, 15) is 10.1 Å². The van der Waals surface area contributed by atoms with Crippen LogP contribution in [0.1, 0.15) is 30.0 Å². The van der Waals surface area contributed by atoms with E-state index in [1.165, 1.54) is 0 Å². The Balaban J connectivity index is 2.21. The van der Waals surface area contributed by atoms with Gasteiger partial charge in [-0.05, 0) is 60.7 Å². The van der Waals surface area contributed by atoms with Crippen LogP contribution in [0, 0.1) is 17.2 Å². The molecule has 26 heavy (non-hydrogen) atoms. The summed E-state index contributed by atoms with van der Waals surface area (Å²) in [5.74, 6) is -0.699. The maximum absolute atomic E-state index is 12.6. The molecule has 0 aliphatic heterocycles. The van der Waals surface area contributed by atoms with Crippen molar-refractivity contribution >= 4 is 17.6 Å². The van der Waals surface area contributed by atoms with Crippen molar-refractivity contribution < 1.29 is 14.3 Å². The highest BCUT2D eigenvalue weighted by Crippen LogP contribution is 2.50. The Labute approximate surface area is 158 Å². The maximum Gasteiger partial charge on any atom is 0.324 e. The van der Waals surface area contributed by atoms with E-state index >= 15 is 0 Å². The second-order valence-corrected chi connectivity index (χ2v) is 6.75. The average Bonchev–Trinajstić information content (AvgIpc) is 3.02. The van der Waals surface area contributed by atoms with E-state index in [0.29, 0.717) is 11.4 Å². The first-order valence-electron chi connectivity index (χ1n) is 8.56. The number of nitriles is 1. The zero-order chi connectivity index (χ0) is 18.7. The van der Waals surface area contributed by atoms with Crippen molar-refractivity contribution in [3.05, 3.63) is 64.2 Å². The van der Waals surface area contributed by atoms with Crippen molar-refractivity contribution in [2.45, 2.75) is 25.2 Å². The molecule has 134 valence electrons. The molecule has 5 heteroatoms. The molecule has 0 N–H and O–H groups in total. The molecule has 1 aliphatic carbocycles. The van der Waals surface area contributed by atoms with E-state index in [0.717, 1.165) is 28.9 Å². The molecule has 2 aromatic rings. The third-order valence-electron chi connectivity index (χ3n) is 5.09. The van der Waals surface area contributed by atoms with Crippen LogP contribution in [0.5, 0.6) is 5.75 Å². The van der Waals surface area contributed by atoms with E-state index in [4.69, 9.17) is 21.1 Å². The topological polar surface area (TPSA) is 59.3 Å². The Morgan fingerprint density at radius 1 is 1.31 bits per heavy atom. The number of hydrogen-bond donors (Lipinski definition) is 0. The highest BCUT2D eigenvalue weighted by Gasteiger charge is 2.50. The van der Waals surface area contributed by atoms with Crippen LogP contribution in [0.4, 0.5) is 0 Å². The highest BCUT2D eigenvalue weighted by molar-refractivity contribution is 6.30. The van der Waals surface area contributed by atoms with Gasteiger partial charge in [0.2, 0.25) is 0 Å². The van der Waals surface area contributed by atoms with Gasteiger partial charge in [-0.1, -0.05) is 29.8 Å². The molecule has 0 saturated carbocycles. The molecule has 0 heterocycles. The number of esters is 1. The van der Waals surface area contributed by atoms with Gasteiger partial charge < -0.3 is 9.47 Å². The summed E-state index contributed by atoms with van der Waals surface area (Å²) in [5.41, 5.74) is 2.18. The molecule has 4 nitrogen and oxygen atoms in total. The largest absolute Gasteiger partial charge is 0.497 e. The first-order valence-corrected chi connectivity index (χ1v) is 8.94. The van der Waals surface area contributed by atoms with Crippen LogP contribution in [-0.2, 0) is 21.4 Å². The Hall–Kier alpha value is -2.51. The standard InChI is InChI=1S/C21H20ClNO3/c1-3-26-20(24)19(13-23)21(15-4-7-17(25-2)8-5-15)11-10-14-12-16(22)6-9-18(14)21/h4-9,12,19H,3,10-11H2,1-2H3. The van der Waals surface area contributed by atoms with Crippen LogP contribution in [0.2, 0.25) is 5.02 Å². The van der Waals surface area contributed by atoms with Crippen molar-refractivity contribution in [2.75, 3.05) is 13.7 Å². The number of fused-ring (bicyclic) bond motifs is 1. The molecule has 0 bridgehead atoms. The molecular formula is C21H20ClNO3. The zero-order valence-corrected chi connectivity index (χ0v) is 15.5. The van der Waals surface area contributed by atoms with Gasteiger partial charge in [0.15, 0.2) is 5.92 Å². The zero-order valence-electron chi connectivity index (χ0n) is 14.8. The lowest BCUT2D eigenvalue weighted by molar-refractivity contribution is -0.147. The van der Waals surface area contributed by atoms with Gasteiger partial charge >= 0.3 is 5.97 Å². The number of nitrogens with zero attached hydrogens (tertiary/aromatic N) is 1. The lowest BCUT2D eigenvalue weighted by Crippen LogP contribution is -2.39. The molecule has 0 fully saturated rings. The van der Waals surface area contributed by atoms with Gasteiger partial charge in [-0.15, -0.1) is 0 Å². The van der Waals surface area contributed by atoms with Crippen LogP contribution >= 0.6 is 11.6 Å². The predicted molar refractivity (Wildman–Crippen MR) is 99.3 cm³/mol. The van der Waals surface area contributed by atoms with Gasteiger partial charge in [0.1, 0.15) is 5.75 Å². The second kappa shape index (κ2) is 7.39. The Morgan fingerprint density at radius 2 is 2.04 bits per heavy atom. The molecule has 0 aromatic heterocycles. The van der Waals surface area contributed by atoms with Gasteiger partial charge in [0.25, 0.3) is 0 Å². The first kappa shape index (κ1) is 18.3. The van der Waals surface area contributed by atoms with Crippen LogP contribution in [0.15, 0.2) is 42.5 Å². The van der Waals surface area contributed by atoms with Crippen molar-refractivity contribution in [2.24, 2.45) is 5.92 Å². The van der Waals surface area contributed by atoms with Gasteiger partial charge in [0, 0.05) is 10.4 Å². The summed E-state index contributed by atoms with van der Waals surface area (Å²) in [5, 5.41) is 10.5. The van der Waals surface area contributed by atoms with Crippen LogP contribution in [0.3, 0.4) is 0 Å². The van der Waals surface area contributed by atoms with E-state index < -0.39 is 17.3 Å². The third-order valence-corrected chi connectivity index (χ3v) is 5.32.